The second-order valence-electron chi connectivity index (χ2n) is 9.35. The summed E-state index contributed by atoms with van der Waals surface area (Å²) in [6, 6.07) is 8.56. The molecule has 0 radical (unpaired) electrons. The Balaban J connectivity index is 0.00000387. The van der Waals surface area contributed by atoms with Crippen molar-refractivity contribution in [2.45, 2.75) is 38.8 Å². The van der Waals surface area contributed by atoms with Crippen molar-refractivity contribution in [1.29, 1.82) is 0 Å². The van der Waals surface area contributed by atoms with E-state index in [9.17, 15) is 19.1 Å². The van der Waals surface area contributed by atoms with Crippen LogP contribution < -0.4 is 21.9 Å². The van der Waals surface area contributed by atoms with Crippen molar-refractivity contribution in [2.75, 3.05) is 18.0 Å². The molecule has 0 bridgehead atoms. The first-order chi connectivity index (χ1) is 19.2. The molecule has 216 valence electrons. The Morgan fingerprint density at radius 2 is 1.90 bits per heavy atom. The van der Waals surface area contributed by atoms with E-state index in [1.807, 2.05) is 0 Å². The molecular weight excluding hydrogens is 564 g/mol. The average Bonchev–Trinajstić information content (AvgIpc) is 3.69. The Labute approximate surface area is 239 Å². The van der Waals surface area contributed by atoms with E-state index in [2.05, 4.69) is 20.6 Å². The Hall–Kier alpha value is -4.50. The molecule has 1 aliphatic heterocycles. The molecule has 13 nitrogen and oxygen atoms in total. The van der Waals surface area contributed by atoms with Crippen LogP contribution in [0.15, 0.2) is 61.4 Å². The number of carbonyl (C=O) groups is 2. The molecule has 0 unspecified atom stereocenters. The number of aliphatic hydroxyl groups is 1. The summed E-state index contributed by atoms with van der Waals surface area (Å²) in [5, 5.41) is 27.3. The highest BCUT2D eigenvalue weighted by molar-refractivity contribution is 5.94. The second-order valence-corrected chi connectivity index (χ2v) is 9.35. The van der Waals surface area contributed by atoms with Crippen LogP contribution in [0.5, 0.6) is 0 Å². The third-order valence-corrected chi connectivity index (χ3v) is 6.82. The van der Waals surface area contributed by atoms with E-state index in [1.165, 1.54) is 44.7 Å². The van der Waals surface area contributed by atoms with E-state index in [0.29, 0.717) is 24.0 Å². The zero-order valence-corrected chi connectivity index (χ0v) is 22.8. The maximum Gasteiger partial charge on any atom is 0.324 e. The van der Waals surface area contributed by atoms with Crippen LogP contribution in [0, 0.1) is 11.6 Å². The third-order valence-electron chi connectivity index (χ3n) is 6.82. The van der Waals surface area contributed by atoms with Crippen LogP contribution in [-0.2, 0) is 28.4 Å². The predicted molar refractivity (Wildman–Crippen MR) is 133 cm³/mol. The molecule has 2 aromatic heterocycles. The number of anilines is 1. The third kappa shape index (κ3) is 6.00. The summed E-state index contributed by atoms with van der Waals surface area (Å²) in [7, 11) is 0. The fraction of sp³-hybridized carbons (Fsp3) is 0.320. The van der Waals surface area contributed by atoms with E-state index >= 15 is 4.39 Å². The summed E-state index contributed by atoms with van der Waals surface area (Å²) in [4.78, 5) is 27.7. The summed E-state index contributed by atoms with van der Waals surface area (Å²) in [6.45, 7) is 3.03. The van der Waals surface area contributed by atoms with Crippen LogP contribution in [0.4, 0.5) is 19.3 Å². The highest BCUT2D eigenvalue weighted by atomic mass is 35.5. The monoisotopic (exact) mass is 589 g/mol. The topological polar surface area (TPSA) is 135 Å². The number of hydrogen-bond donors (Lipinski definition) is 1. The van der Waals surface area contributed by atoms with Crippen LogP contribution in [0.2, 0.25) is 0 Å². The van der Waals surface area contributed by atoms with Crippen molar-refractivity contribution in [3.8, 4) is 5.69 Å². The number of rotatable bonds is 9. The molecule has 16 heteroatoms. The maximum atomic E-state index is 15.1. The maximum absolute atomic E-state index is 15.1. The largest absolute Gasteiger partial charge is 1.00 e. The number of benzene rings is 2. The van der Waals surface area contributed by atoms with Gasteiger partial charge in [-0.3, -0.25) is 9.69 Å². The van der Waals surface area contributed by atoms with Crippen molar-refractivity contribution in [2.24, 2.45) is 0 Å². The Morgan fingerprint density at radius 3 is 2.56 bits per heavy atom. The lowest BCUT2D eigenvalue weighted by molar-refractivity contribution is -0.728. The average molecular weight is 590 g/mol. The van der Waals surface area contributed by atoms with Gasteiger partial charge in [-0.05, 0) is 47.7 Å². The number of halogens is 3. The Bertz CT molecular complexity index is 1520. The van der Waals surface area contributed by atoms with Crippen LogP contribution in [0.3, 0.4) is 0 Å². The number of hydrogen-bond acceptors (Lipinski definition) is 8. The van der Waals surface area contributed by atoms with Crippen LogP contribution in [0.1, 0.15) is 19.4 Å². The van der Waals surface area contributed by atoms with E-state index in [4.69, 9.17) is 4.74 Å². The molecule has 41 heavy (non-hydrogen) atoms. The van der Waals surface area contributed by atoms with Crippen molar-refractivity contribution < 1.29 is 45.2 Å². The van der Waals surface area contributed by atoms with Gasteiger partial charge in [0.1, 0.15) is 30.1 Å². The Morgan fingerprint density at radius 1 is 1.17 bits per heavy atom. The van der Waals surface area contributed by atoms with Gasteiger partial charge in [-0.25, -0.2) is 22.8 Å². The molecule has 0 saturated carbocycles. The molecular formula is C25H26ClF2N9O4. The quantitative estimate of drug-likeness (QED) is 0.178. The number of carbonyl (C=O) groups excluding carboxylic acids is 2. The summed E-state index contributed by atoms with van der Waals surface area (Å²) in [6.07, 6.45) is 4.29. The molecule has 2 aromatic carbocycles. The Kier molecular flexibility index (Phi) is 8.58. The molecule has 4 aromatic rings. The number of tetrazole rings is 1. The highest BCUT2D eigenvalue weighted by Gasteiger charge is 2.47. The van der Waals surface area contributed by atoms with E-state index in [-0.39, 0.29) is 37.8 Å². The molecule has 2 atom stereocenters. The normalized spacial score (nSPS) is 15.4. The van der Waals surface area contributed by atoms with Crippen LogP contribution in [-0.4, -0.2) is 71.1 Å². The first-order valence-corrected chi connectivity index (χ1v) is 12.3. The molecule has 2 amide bonds. The van der Waals surface area contributed by atoms with Gasteiger partial charge in [0.25, 0.3) is 6.33 Å². The molecule has 1 fully saturated rings. The van der Waals surface area contributed by atoms with E-state index in [1.54, 1.807) is 36.1 Å². The number of esters is 1. The van der Waals surface area contributed by atoms with Gasteiger partial charge in [-0.2, -0.15) is 0 Å². The summed E-state index contributed by atoms with van der Waals surface area (Å²) < 4.78 is 38.1. The summed E-state index contributed by atoms with van der Waals surface area (Å²) in [5.74, 6) is -2.25. The summed E-state index contributed by atoms with van der Waals surface area (Å²) >= 11 is 0. The van der Waals surface area contributed by atoms with Gasteiger partial charge < -0.3 is 27.2 Å². The molecule has 1 aliphatic rings. The number of ether oxygens (including phenoxy) is 1. The number of aromatic nitrogens is 7. The van der Waals surface area contributed by atoms with E-state index < -0.39 is 35.3 Å². The lowest BCUT2D eigenvalue weighted by atomic mass is 9.85. The zero-order chi connectivity index (χ0) is 28.4. The molecule has 5 rings (SSSR count). The minimum Gasteiger partial charge on any atom is -1.00 e. The van der Waals surface area contributed by atoms with E-state index in [0.717, 1.165) is 12.1 Å². The number of amides is 2. The number of nitrogens with zero attached hydrogens (tertiary/aromatic N) is 9. The van der Waals surface area contributed by atoms with Crippen molar-refractivity contribution >= 4 is 17.7 Å². The lowest BCUT2D eigenvalue weighted by Gasteiger charge is -2.38. The van der Waals surface area contributed by atoms with Crippen LogP contribution >= 0.6 is 0 Å². The molecule has 0 aliphatic carbocycles. The fourth-order valence-electron chi connectivity index (χ4n) is 4.68. The fourth-order valence-corrected chi connectivity index (χ4v) is 4.68. The van der Waals surface area contributed by atoms with Gasteiger partial charge in [0, 0.05) is 42.4 Å². The smallest absolute Gasteiger partial charge is 0.324 e. The minimum atomic E-state index is -2.02. The number of urea groups is 1. The zero-order valence-electron chi connectivity index (χ0n) is 22.0. The van der Waals surface area contributed by atoms with Gasteiger partial charge in [-0.1, -0.05) is 6.07 Å². The molecule has 0 spiro atoms. The van der Waals surface area contributed by atoms with Crippen LogP contribution in [0.25, 0.3) is 5.69 Å². The van der Waals surface area contributed by atoms with Gasteiger partial charge in [-0.15, -0.1) is 9.78 Å². The van der Waals surface area contributed by atoms with Gasteiger partial charge in [0.15, 0.2) is 0 Å². The van der Waals surface area contributed by atoms with Crippen molar-refractivity contribution in [3.63, 3.8) is 0 Å². The molecule has 3 heterocycles. The summed E-state index contributed by atoms with van der Waals surface area (Å²) in [5.41, 5.74) is -0.886. The second kappa shape index (κ2) is 11.9. The first-order valence-electron chi connectivity index (χ1n) is 12.3. The highest BCUT2D eigenvalue weighted by Crippen LogP contribution is 2.35. The first kappa shape index (κ1) is 29.5. The minimum absolute atomic E-state index is 0. The van der Waals surface area contributed by atoms with Gasteiger partial charge >= 0.3 is 12.0 Å². The SMILES string of the molecule is CC(=O)OC[n+]1cnn(C[C@](O)(c2ccc(F)cc2F)[C@@H](C)N2CCN(c3ccc(-n4cnnn4)cc3)C2=O)c1.[Cl-]. The lowest BCUT2D eigenvalue weighted by Crippen LogP contribution is -3.00. The van der Waals surface area contributed by atoms with Crippen molar-refractivity contribution in [1.82, 2.24) is 34.9 Å². The molecule has 1 saturated heterocycles. The predicted octanol–water partition coefficient (Wildman–Crippen LogP) is -1.83. The standard InChI is InChI=1S/C25H26F2N9O4.ClH/c1-17(34-9-10-35(24(34)38)20-4-6-21(7-5-20)36-13-28-30-31-36)25(39,22-8-3-19(26)11-23(22)27)12-33-15-32(14-29-33)16-40-18(2)37;/h3-8,11,13-15,17,39H,9-10,12,16H2,1-2H3;1H/q+1;/p-1/t17-,25-;/m1./s1. The van der Waals surface area contributed by atoms with Gasteiger partial charge in [0.2, 0.25) is 13.1 Å². The van der Waals surface area contributed by atoms with Gasteiger partial charge in [0.05, 0.1) is 11.7 Å². The molecule has 1 N–H and O–H groups in total. The van der Waals surface area contributed by atoms with Crippen molar-refractivity contribution in [3.05, 3.63) is 78.6 Å².